The van der Waals surface area contributed by atoms with E-state index in [0.29, 0.717) is 6.61 Å². The molecule has 5 atom stereocenters. The van der Waals surface area contributed by atoms with Crippen LogP contribution in [0.3, 0.4) is 0 Å². The Balaban J connectivity index is 1.54. The standard InChI is InChI=1S/C30H32Cl3NO7/c31-30(32,33)20-40-29(36)34-25-27(39-18-23-14-8-3-9-15-23)26(38-17-22-12-6-2-7-13-22)24(41-28(25)35)19-37-16-21-10-4-1-5-11-21/h1-15,24-28,35H,16-20H2,(H,34,36)/t24-,25+,26+,27-,28+/m1/s1. The van der Waals surface area contributed by atoms with Crippen molar-refractivity contribution in [3.63, 3.8) is 0 Å². The van der Waals surface area contributed by atoms with Crippen LogP contribution in [0.1, 0.15) is 16.7 Å². The van der Waals surface area contributed by atoms with E-state index < -0.39 is 47.1 Å². The van der Waals surface area contributed by atoms with E-state index in [-0.39, 0.29) is 19.8 Å². The number of halogens is 3. The fraction of sp³-hybridized carbons (Fsp3) is 0.367. The van der Waals surface area contributed by atoms with Crippen LogP contribution in [-0.2, 0) is 43.5 Å². The maximum atomic E-state index is 12.6. The summed E-state index contributed by atoms with van der Waals surface area (Å²) >= 11 is 17.2. The fourth-order valence-corrected chi connectivity index (χ4v) is 4.50. The van der Waals surface area contributed by atoms with Gasteiger partial charge in [-0.15, -0.1) is 0 Å². The molecule has 0 bridgehead atoms. The van der Waals surface area contributed by atoms with Crippen molar-refractivity contribution in [3.8, 4) is 0 Å². The largest absolute Gasteiger partial charge is 0.445 e. The maximum absolute atomic E-state index is 12.6. The number of carbonyl (C=O) groups excluding carboxylic acids is 1. The predicted octanol–water partition coefficient (Wildman–Crippen LogP) is 5.56. The van der Waals surface area contributed by atoms with E-state index in [1.807, 2.05) is 91.0 Å². The number of aliphatic hydroxyl groups excluding tert-OH is 1. The molecule has 2 N–H and O–H groups in total. The maximum Gasteiger partial charge on any atom is 0.407 e. The molecule has 3 aromatic rings. The van der Waals surface area contributed by atoms with Gasteiger partial charge in [0.15, 0.2) is 6.29 Å². The number of alkyl halides is 3. The van der Waals surface area contributed by atoms with Gasteiger partial charge in [-0.05, 0) is 16.7 Å². The molecule has 41 heavy (non-hydrogen) atoms. The fourth-order valence-electron chi connectivity index (χ4n) is 4.33. The summed E-state index contributed by atoms with van der Waals surface area (Å²) in [5, 5.41) is 13.6. The number of aliphatic hydroxyl groups is 1. The molecule has 0 aliphatic carbocycles. The normalized spacial score (nSPS) is 22.7. The first-order valence-corrected chi connectivity index (χ1v) is 14.2. The average Bonchev–Trinajstić information content (AvgIpc) is 2.97. The summed E-state index contributed by atoms with van der Waals surface area (Å²) in [4.78, 5) is 12.6. The number of carbonyl (C=O) groups is 1. The monoisotopic (exact) mass is 623 g/mol. The third-order valence-corrected chi connectivity index (χ3v) is 6.61. The molecular formula is C30H32Cl3NO7. The van der Waals surface area contributed by atoms with Crippen LogP contribution in [0.4, 0.5) is 4.79 Å². The first-order chi connectivity index (χ1) is 19.8. The highest BCUT2D eigenvalue weighted by molar-refractivity contribution is 6.67. The van der Waals surface area contributed by atoms with Crippen molar-refractivity contribution in [2.24, 2.45) is 0 Å². The molecule has 1 heterocycles. The van der Waals surface area contributed by atoms with E-state index in [0.717, 1.165) is 16.7 Å². The minimum atomic E-state index is -1.80. The minimum Gasteiger partial charge on any atom is -0.445 e. The van der Waals surface area contributed by atoms with Gasteiger partial charge >= 0.3 is 6.09 Å². The van der Waals surface area contributed by atoms with Crippen LogP contribution in [-0.4, -0.2) is 58.8 Å². The summed E-state index contributed by atoms with van der Waals surface area (Å²) in [6.07, 6.45) is -4.74. The highest BCUT2D eigenvalue weighted by atomic mass is 35.6. The number of ether oxygens (including phenoxy) is 5. The Morgan fingerprint density at radius 2 is 1.27 bits per heavy atom. The molecule has 220 valence electrons. The summed E-state index contributed by atoms with van der Waals surface area (Å²) in [5.41, 5.74) is 2.81. The van der Waals surface area contributed by atoms with E-state index in [9.17, 15) is 9.90 Å². The molecule has 0 aromatic heterocycles. The lowest BCUT2D eigenvalue weighted by Gasteiger charge is -2.44. The molecule has 1 aliphatic rings. The Kier molecular flexibility index (Phi) is 12.1. The van der Waals surface area contributed by atoms with Gasteiger partial charge < -0.3 is 34.1 Å². The average molecular weight is 625 g/mol. The summed E-state index contributed by atoms with van der Waals surface area (Å²) in [5.74, 6) is 0. The zero-order valence-electron chi connectivity index (χ0n) is 22.1. The Labute approximate surface area is 254 Å². The second-order valence-electron chi connectivity index (χ2n) is 9.45. The lowest BCUT2D eigenvalue weighted by molar-refractivity contribution is -0.277. The summed E-state index contributed by atoms with van der Waals surface area (Å²) in [7, 11) is 0. The van der Waals surface area contributed by atoms with Gasteiger partial charge in [-0.3, -0.25) is 0 Å². The zero-order valence-corrected chi connectivity index (χ0v) is 24.4. The van der Waals surface area contributed by atoms with Crippen molar-refractivity contribution in [2.75, 3.05) is 13.2 Å². The van der Waals surface area contributed by atoms with Gasteiger partial charge in [0.05, 0.1) is 26.4 Å². The molecule has 0 spiro atoms. The van der Waals surface area contributed by atoms with Gasteiger partial charge in [0, 0.05) is 0 Å². The molecule has 0 radical (unpaired) electrons. The van der Waals surface area contributed by atoms with E-state index in [2.05, 4.69) is 5.32 Å². The predicted molar refractivity (Wildman–Crippen MR) is 156 cm³/mol. The van der Waals surface area contributed by atoms with E-state index in [1.54, 1.807) is 0 Å². The summed E-state index contributed by atoms with van der Waals surface area (Å²) in [6, 6.07) is 27.7. The molecule has 0 unspecified atom stereocenters. The van der Waals surface area contributed by atoms with E-state index >= 15 is 0 Å². The second kappa shape index (κ2) is 15.7. The van der Waals surface area contributed by atoms with Gasteiger partial charge in [0.1, 0.15) is 31.0 Å². The second-order valence-corrected chi connectivity index (χ2v) is 12.0. The van der Waals surface area contributed by atoms with Gasteiger partial charge in [-0.2, -0.15) is 0 Å². The van der Waals surface area contributed by atoms with Crippen LogP contribution in [0.5, 0.6) is 0 Å². The molecule has 0 saturated carbocycles. The number of hydrogen-bond acceptors (Lipinski definition) is 7. The van der Waals surface area contributed by atoms with Crippen molar-refractivity contribution in [2.45, 2.75) is 54.3 Å². The van der Waals surface area contributed by atoms with Gasteiger partial charge in [-0.25, -0.2) is 4.79 Å². The first kappa shape index (κ1) is 31.5. The van der Waals surface area contributed by atoms with Crippen molar-refractivity contribution in [1.82, 2.24) is 5.32 Å². The molecular weight excluding hydrogens is 593 g/mol. The molecule has 4 rings (SSSR count). The molecule has 3 aromatic carbocycles. The van der Waals surface area contributed by atoms with Gasteiger partial charge in [-0.1, -0.05) is 126 Å². The van der Waals surface area contributed by atoms with Crippen molar-refractivity contribution < 1.29 is 33.6 Å². The first-order valence-electron chi connectivity index (χ1n) is 13.0. The Bertz CT molecular complexity index is 1180. The SMILES string of the molecule is O=C(N[C@H]1[C@@H](OCc2ccccc2)[C@@H](OCc2ccccc2)[C@@H](COCc2ccccc2)O[C@@H]1O)OCC(Cl)(Cl)Cl. The summed E-state index contributed by atoms with van der Waals surface area (Å²) < 4.78 is 27.8. The zero-order chi connectivity index (χ0) is 29.1. The van der Waals surface area contributed by atoms with Crippen LogP contribution < -0.4 is 5.32 Å². The highest BCUT2D eigenvalue weighted by Gasteiger charge is 2.48. The van der Waals surface area contributed by atoms with Crippen molar-refractivity contribution in [3.05, 3.63) is 108 Å². The number of benzene rings is 3. The third kappa shape index (κ3) is 10.4. The number of hydrogen-bond donors (Lipinski definition) is 2. The Morgan fingerprint density at radius 1 is 0.780 bits per heavy atom. The molecule has 1 amide bonds. The Morgan fingerprint density at radius 3 is 1.78 bits per heavy atom. The highest BCUT2D eigenvalue weighted by Crippen LogP contribution is 2.29. The van der Waals surface area contributed by atoms with E-state index in [1.165, 1.54) is 0 Å². The molecule has 1 saturated heterocycles. The molecule has 11 heteroatoms. The minimum absolute atomic E-state index is 0.0983. The number of rotatable bonds is 12. The molecule has 8 nitrogen and oxygen atoms in total. The van der Waals surface area contributed by atoms with Crippen LogP contribution in [0, 0.1) is 0 Å². The van der Waals surface area contributed by atoms with Crippen LogP contribution in [0.15, 0.2) is 91.0 Å². The third-order valence-electron chi connectivity index (χ3n) is 6.28. The van der Waals surface area contributed by atoms with Crippen LogP contribution in [0.2, 0.25) is 0 Å². The van der Waals surface area contributed by atoms with Crippen LogP contribution in [0.25, 0.3) is 0 Å². The lowest BCUT2D eigenvalue weighted by atomic mass is 9.96. The van der Waals surface area contributed by atoms with E-state index in [4.69, 9.17) is 58.5 Å². The van der Waals surface area contributed by atoms with Crippen LogP contribution >= 0.6 is 34.8 Å². The number of amides is 1. The number of nitrogens with one attached hydrogen (secondary N) is 1. The topological polar surface area (TPSA) is 95.5 Å². The number of alkyl carbamates (subject to hydrolysis) is 1. The van der Waals surface area contributed by atoms with Crippen molar-refractivity contribution >= 4 is 40.9 Å². The van der Waals surface area contributed by atoms with Gasteiger partial charge in [0.25, 0.3) is 0 Å². The Hall–Kier alpha value is -2.40. The molecule has 1 fully saturated rings. The quantitative estimate of drug-likeness (QED) is 0.255. The lowest BCUT2D eigenvalue weighted by Crippen LogP contribution is -2.65. The van der Waals surface area contributed by atoms with Crippen molar-refractivity contribution in [1.29, 1.82) is 0 Å². The van der Waals surface area contributed by atoms with Gasteiger partial charge in [0.2, 0.25) is 3.79 Å². The molecule has 1 aliphatic heterocycles. The summed E-state index contributed by atoms with van der Waals surface area (Å²) in [6.45, 7) is 0.356. The smallest absolute Gasteiger partial charge is 0.407 e.